The van der Waals surface area contributed by atoms with Crippen molar-refractivity contribution in [2.45, 2.75) is 13.2 Å². The van der Waals surface area contributed by atoms with Gasteiger partial charge in [0.15, 0.2) is 6.30 Å². The summed E-state index contributed by atoms with van der Waals surface area (Å²) < 4.78 is 15.0. The molecule has 1 atom stereocenters. The van der Waals surface area contributed by atoms with Crippen LogP contribution in [0.3, 0.4) is 0 Å². The second-order valence-corrected chi connectivity index (χ2v) is 8.82. The zero-order valence-electron chi connectivity index (χ0n) is 20.5. The van der Waals surface area contributed by atoms with Crippen LogP contribution in [-0.2, 0) is 4.79 Å². The summed E-state index contributed by atoms with van der Waals surface area (Å²) in [7, 11) is 0. The van der Waals surface area contributed by atoms with Gasteiger partial charge in [-0.2, -0.15) is 0 Å². The number of amides is 1. The number of piperazine rings is 1. The molecule has 2 aromatic carbocycles. The van der Waals surface area contributed by atoms with Gasteiger partial charge in [0, 0.05) is 67.3 Å². The van der Waals surface area contributed by atoms with Gasteiger partial charge in [0.05, 0.1) is 11.4 Å². The molecule has 3 heterocycles. The third-order valence-electron chi connectivity index (χ3n) is 6.38. The number of hydrogen-bond donors (Lipinski definition) is 2. The highest BCUT2D eigenvalue weighted by atomic mass is 19.1. The van der Waals surface area contributed by atoms with Gasteiger partial charge >= 0.3 is 0 Å². The van der Waals surface area contributed by atoms with Gasteiger partial charge in [0.25, 0.3) is 0 Å². The second kappa shape index (κ2) is 11.2. The number of alkyl halides is 1. The average Bonchev–Trinajstić information content (AvgIpc) is 2.96. The van der Waals surface area contributed by atoms with Crippen molar-refractivity contribution in [3.05, 3.63) is 90.4 Å². The van der Waals surface area contributed by atoms with Crippen LogP contribution in [0.25, 0.3) is 11.3 Å². The topological polar surface area (TPSA) is 86.3 Å². The lowest BCUT2D eigenvalue weighted by atomic mass is 10.1. The lowest BCUT2D eigenvalue weighted by molar-refractivity contribution is -0.106. The van der Waals surface area contributed by atoms with E-state index in [9.17, 15) is 9.18 Å². The fourth-order valence-corrected chi connectivity index (χ4v) is 4.29. The number of anilines is 4. The van der Waals surface area contributed by atoms with Crippen LogP contribution in [0.15, 0.2) is 79.3 Å². The number of carbonyl (C=O) groups is 1. The number of carbonyl (C=O) groups excluding carboxylic acids is 1. The zero-order valence-corrected chi connectivity index (χ0v) is 20.5. The Bertz CT molecular complexity index is 1340. The highest BCUT2D eigenvalue weighted by Crippen LogP contribution is 2.31. The predicted octanol–water partition coefficient (Wildman–Crippen LogP) is 4.76. The number of halogens is 1. The van der Waals surface area contributed by atoms with E-state index in [4.69, 9.17) is 0 Å². The van der Waals surface area contributed by atoms with Gasteiger partial charge in [-0.25, -0.2) is 14.4 Å². The molecular weight excluding hydrogens is 469 g/mol. The second-order valence-electron chi connectivity index (χ2n) is 8.82. The molecule has 0 radical (unpaired) electrons. The maximum absolute atomic E-state index is 15.0. The van der Waals surface area contributed by atoms with Crippen molar-refractivity contribution >= 4 is 29.4 Å². The Morgan fingerprint density at radius 3 is 2.57 bits per heavy atom. The standard InChI is InChI=1S/C28H28FN7O/c1-20-4-7-24(17-26(20)34-28-32-12-10-25(33-28)22-3-2-11-31-18-22)36(19-37)23-8-5-21(6-9-23)27(29)35-15-13-30-14-16-35/h2-12,17-19,27,30H,13-16H2,1H3,(H,32,33,34). The molecule has 188 valence electrons. The van der Waals surface area contributed by atoms with Gasteiger partial charge in [-0.3, -0.25) is 19.6 Å². The summed E-state index contributed by atoms with van der Waals surface area (Å²) >= 11 is 0. The maximum Gasteiger partial charge on any atom is 0.227 e. The summed E-state index contributed by atoms with van der Waals surface area (Å²) in [6.07, 6.45) is 4.74. The molecule has 8 nitrogen and oxygen atoms in total. The van der Waals surface area contributed by atoms with E-state index in [1.165, 1.54) is 4.90 Å². The smallest absolute Gasteiger partial charge is 0.227 e. The van der Waals surface area contributed by atoms with Gasteiger partial charge in [0.1, 0.15) is 0 Å². The highest BCUT2D eigenvalue weighted by molar-refractivity contribution is 5.88. The molecule has 1 amide bonds. The van der Waals surface area contributed by atoms with Crippen molar-refractivity contribution in [1.82, 2.24) is 25.2 Å². The van der Waals surface area contributed by atoms with E-state index in [0.29, 0.717) is 36.0 Å². The molecule has 1 unspecified atom stereocenters. The van der Waals surface area contributed by atoms with Crippen molar-refractivity contribution in [1.29, 1.82) is 0 Å². The van der Waals surface area contributed by atoms with Gasteiger partial charge in [0.2, 0.25) is 12.4 Å². The molecule has 37 heavy (non-hydrogen) atoms. The van der Waals surface area contributed by atoms with Crippen LogP contribution < -0.4 is 15.5 Å². The van der Waals surface area contributed by atoms with Crippen LogP contribution in [0.2, 0.25) is 0 Å². The van der Waals surface area contributed by atoms with E-state index in [1.54, 1.807) is 42.9 Å². The Labute approximate surface area is 215 Å². The lowest BCUT2D eigenvalue weighted by Gasteiger charge is -2.30. The first-order valence-electron chi connectivity index (χ1n) is 12.2. The van der Waals surface area contributed by atoms with Gasteiger partial charge < -0.3 is 10.6 Å². The first-order valence-corrected chi connectivity index (χ1v) is 12.2. The van der Waals surface area contributed by atoms with E-state index in [1.807, 2.05) is 48.2 Å². The number of aromatic nitrogens is 3. The monoisotopic (exact) mass is 497 g/mol. The summed E-state index contributed by atoms with van der Waals surface area (Å²) in [5, 5.41) is 6.50. The molecular formula is C28H28FN7O. The molecule has 2 N–H and O–H groups in total. The van der Waals surface area contributed by atoms with E-state index in [-0.39, 0.29) is 0 Å². The number of pyridine rings is 1. The quantitative estimate of drug-likeness (QED) is 0.268. The first-order chi connectivity index (χ1) is 18.1. The Balaban J connectivity index is 1.36. The normalized spacial score (nSPS) is 14.6. The van der Waals surface area contributed by atoms with E-state index in [0.717, 1.165) is 42.0 Å². The highest BCUT2D eigenvalue weighted by Gasteiger charge is 2.21. The molecule has 0 aliphatic carbocycles. The Hall–Kier alpha value is -4.21. The lowest BCUT2D eigenvalue weighted by Crippen LogP contribution is -2.44. The molecule has 1 saturated heterocycles. The molecule has 1 fully saturated rings. The molecule has 0 spiro atoms. The molecule has 9 heteroatoms. The Kier molecular flexibility index (Phi) is 7.43. The predicted molar refractivity (Wildman–Crippen MR) is 143 cm³/mol. The van der Waals surface area contributed by atoms with Crippen molar-refractivity contribution in [3.8, 4) is 11.3 Å². The summed E-state index contributed by atoms with van der Waals surface area (Å²) in [6, 6.07) is 18.3. The van der Waals surface area contributed by atoms with Crippen LogP contribution in [-0.4, -0.2) is 52.4 Å². The minimum Gasteiger partial charge on any atom is -0.324 e. The summed E-state index contributed by atoms with van der Waals surface area (Å²) in [6.45, 7) is 4.85. The molecule has 0 saturated carbocycles. The molecule has 4 aromatic rings. The summed E-state index contributed by atoms with van der Waals surface area (Å²) in [5.74, 6) is 0.436. The van der Waals surface area contributed by atoms with Gasteiger partial charge in [-0.15, -0.1) is 0 Å². The fraction of sp³-hybridized carbons (Fsp3) is 0.214. The third kappa shape index (κ3) is 5.63. The van der Waals surface area contributed by atoms with Gasteiger partial charge in [-0.05, 0) is 55.0 Å². The van der Waals surface area contributed by atoms with E-state index in [2.05, 4.69) is 25.6 Å². The van der Waals surface area contributed by atoms with Crippen LogP contribution in [0.4, 0.5) is 27.4 Å². The number of hydrogen-bond acceptors (Lipinski definition) is 7. The zero-order chi connectivity index (χ0) is 25.6. The molecule has 5 rings (SSSR count). The van der Waals surface area contributed by atoms with Crippen LogP contribution >= 0.6 is 0 Å². The number of nitrogens with zero attached hydrogens (tertiary/aromatic N) is 5. The number of benzene rings is 2. The average molecular weight is 498 g/mol. The first kappa shape index (κ1) is 24.5. The van der Waals surface area contributed by atoms with Crippen LogP contribution in [0.5, 0.6) is 0 Å². The van der Waals surface area contributed by atoms with Crippen molar-refractivity contribution < 1.29 is 9.18 Å². The summed E-state index contributed by atoms with van der Waals surface area (Å²) in [4.78, 5) is 28.6. The molecule has 1 aliphatic heterocycles. The Morgan fingerprint density at radius 1 is 1.05 bits per heavy atom. The Morgan fingerprint density at radius 2 is 1.84 bits per heavy atom. The minimum atomic E-state index is -1.17. The van der Waals surface area contributed by atoms with Crippen molar-refractivity contribution in [3.63, 3.8) is 0 Å². The molecule has 1 aliphatic rings. The number of rotatable bonds is 8. The van der Waals surface area contributed by atoms with Crippen molar-refractivity contribution in [2.24, 2.45) is 0 Å². The van der Waals surface area contributed by atoms with Crippen molar-refractivity contribution in [2.75, 3.05) is 36.4 Å². The number of aryl methyl sites for hydroxylation is 1. The van der Waals surface area contributed by atoms with Gasteiger partial charge in [-0.1, -0.05) is 18.2 Å². The SMILES string of the molecule is Cc1ccc(N(C=O)c2ccc(C(F)N3CCNCC3)cc2)cc1Nc1nccc(-c2cccnc2)n1. The van der Waals surface area contributed by atoms with Crippen LogP contribution in [0.1, 0.15) is 17.4 Å². The molecule has 2 aromatic heterocycles. The molecule has 0 bridgehead atoms. The number of nitrogens with one attached hydrogen (secondary N) is 2. The van der Waals surface area contributed by atoms with Crippen LogP contribution in [0, 0.1) is 6.92 Å². The minimum absolute atomic E-state index is 0.436. The van der Waals surface area contributed by atoms with E-state index < -0.39 is 6.30 Å². The summed E-state index contributed by atoms with van der Waals surface area (Å²) in [5.41, 5.74) is 5.27. The fourth-order valence-electron chi connectivity index (χ4n) is 4.29. The van der Waals surface area contributed by atoms with E-state index >= 15 is 0 Å². The largest absolute Gasteiger partial charge is 0.324 e. The maximum atomic E-state index is 15.0. The third-order valence-corrected chi connectivity index (χ3v) is 6.38.